The highest BCUT2D eigenvalue weighted by atomic mass is 35.5. The molecule has 0 unspecified atom stereocenters. The molecule has 1 radical (unpaired) electrons. The molecule has 0 saturated carbocycles. The lowest BCUT2D eigenvalue weighted by Crippen LogP contribution is -1.91. The molecular formula is C12H14ClO. The Labute approximate surface area is 90.3 Å². The van der Waals surface area contributed by atoms with Crippen molar-refractivity contribution in [3.8, 4) is 0 Å². The molecule has 0 aliphatic heterocycles. The Morgan fingerprint density at radius 2 is 2.00 bits per heavy atom. The fraction of sp³-hybridized carbons (Fsp3) is 0.250. The van der Waals surface area contributed by atoms with Gasteiger partial charge in [-0.05, 0) is 24.1 Å². The second-order valence-electron chi connectivity index (χ2n) is 2.88. The molecule has 0 saturated heterocycles. The van der Waals surface area contributed by atoms with Crippen LogP contribution in [0.15, 0.2) is 30.3 Å². The number of hydrogen-bond acceptors (Lipinski definition) is 1. The summed E-state index contributed by atoms with van der Waals surface area (Å²) in [4.78, 5) is 0. The van der Waals surface area contributed by atoms with Gasteiger partial charge in [0.1, 0.15) is 0 Å². The maximum Gasteiger partial charge on any atom is 0.0650 e. The Morgan fingerprint density at radius 1 is 1.29 bits per heavy atom. The van der Waals surface area contributed by atoms with E-state index in [1.807, 2.05) is 36.4 Å². The quantitative estimate of drug-likeness (QED) is 0.674. The van der Waals surface area contributed by atoms with E-state index in [2.05, 4.69) is 6.92 Å². The zero-order valence-electron chi connectivity index (χ0n) is 8.08. The van der Waals surface area contributed by atoms with Gasteiger partial charge in [0.2, 0.25) is 0 Å². The van der Waals surface area contributed by atoms with E-state index in [1.54, 1.807) is 0 Å². The largest absolute Gasteiger partial charge is 0.377 e. The number of hydrogen-bond donors (Lipinski definition) is 0. The van der Waals surface area contributed by atoms with Crippen LogP contribution in [0.5, 0.6) is 0 Å². The molecule has 0 atom stereocenters. The minimum atomic E-state index is 0.637. The summed E-state index contributed by atoms with van der Waals surface area (Å²) >= 11 is 5.76. The Bertz CT molecular complexity index is 277. The zero-order valence-corrected chi connectivity index (χ0v) is 8.83. The van der Waals surface area contributed by atoms with Crippen molar-refractivity contribution in [3.63, 3.8) is 0 Å². The average Bonchev–Trinajstić information content (AvgIpc) is 2.21. The van der Waals surface area contributed by atoms with Gasteiger partial charge in [0.15, 0.2) is 0 Å². The molecular weight excluding hydrogens is 196 g/mol. The first-order chi connectivity index (χ1) is 6.83. The van der Waals surface area contributed by atoms with Gasteiger partial charge in [-0.15, -0.1) is 0 Å². The van der Waals surface area contributed by atoms with Crippen LogP contribution in [0.4, 0.5) is 0 Å². The fourth-order valence-electron chi connectivity index (χ4n) is 1.01. The topological polar surface area (TPSA) is 9.23 Å². The molecule has 1 nitrogen and oxygen atoms in total. The molecule has 0 N–H and O–H groups in total. The summed E-state index contributed by atoms with van der Waals surface area (Å²) in [5.74, 6) is 0. The molecule has 0 bridgehead atoms. The molecule has 0 amide bonds. The summed E-state index contributed by atoms with van der Waals surface area (Å²) in [6, 6.07) is 7.69. The van der Waals surface area contributed by atoms with Crippen LogP contribution in [0.2, 0.25) is 5.02 Å². The first-order valence-electron chi connectivity index (χ1n) is 4.62. The van der Waals surface area contributed by atoms with Crippen molar-refractivity contribution in [1.82, 2.24) is 0 Å². The molecule has 0 fully saturated rings. The van der Waals surface area contributed by atoms with Crippen LogP contribution in [0.25, 0.3) is 6.08 Å². The van der Waals surface area contributed by atoms with Crippen LogP contribution in [0, 0.1) is 6.92 Å². The molecule has 75 valence electrons. The Kier molecular flexibility index (Phi) is 5.35. The Balaban J connectivity index is 2.33. The van der Waals surface area contributed by atoms with Crippen molar-refractivity contribution in [1.29, 1.82) is 0 Å². The van der Waals surface area contributed by atoms with E-state index in [0.717, 1.165) is 17.0 Å². The first-order valence-corrected chi connectivity index (χ1v) is 5.00. The van der Waals surface area contributed by atoms with Gasteiger partial charge in [-0.3, -0.25) is 0 Å². The summed E-state index contributed by atoms with van der Waals surface area (Å²) in [6.45, 7) is 5.04. The third-order valence-electron chi connectivity index (χ3n) is 1.68. The average molecular weight is 210 g/mol. The summed E-state index contributed by atoms with van der Waals surface area (Å²) in [5, 5.41) is 0.760. The van der Waals surface area contributed by atoms with E-state index >= 15 is 0 Å². The summed E-state index contributed by atoms with van der Waals surface area (Å²) < 4.78 is 5.25. The SMILES string of the molecule is [CH2]CCOCC=Cc1ccc(Cl)cc1. The monoisotopic (exact) mass is 209 g/mol. The van der Waals surface area contributed by atoms with E-state index in [0.29, 0.717) is 13.2 Å². The maximum atomic E-state index is 5.76. The smallest absolute Gasteiger partial charge is 0.0650 e. The van der Waals surface area contributed by atoms with E-state index in [4.69, 9.17) is 16.3 Å². The highest BCUT2D eigenvalue weighted by Gasteiger charge is 1.87. The predicted octanol–water partition coefficient (Wildman–Crippen LogP) is 3.59. The van der Waals surface area contributed by atoms with Gasteiger partial charge in [-0.1, -0.05) is 42.8 Å². The summed E-state index contributed by atoms with van der Waals surface area (Å²) in [6.07, 6.45) is 4.81. The number of rotatable bonds is 5. The van der Waals surface area contributed by atoms with Gasteiger partial charge >= 0.3 is 0 Å². The van der Waals surface area contributed by atoms with E-state index in [-0.39, 0.29) is 0 Å². The van der Waals surface area contributed by atoms with Crippen LogP contribution in [-0.2, 0) is 4.74 Å². The molecule has 1 aromatic carbocycles. The molecule has 14 heavy (non-hydrogen) atoms. The van der Waals surface area contributed by atoms with Crippen molar-refractivity contribution < 1.29 is 4.74 Å². The number of ether oxygens (including phenoxy) is 1. The fourth-order valence-corrected chi connectivity index (χ4v) is 1.14. The molecule has 0 aliphatic rings. The zero-order chi connectivity index (χ0) is 10.2. The van der Waals surface area contributed by atoms with Crippen molar-refractivity contribution in [2.45, 2.75) is 6.42 Å². The second kappa shape index (κ2) is 6.63. The van der Waals surface area contributed by atoms with Gasteiger partial charge in [0.25, 0.3) is 0 Å². The molecule has 0 spiro atoms. The summed E-state index contributed by atoms with van der Waals surface area (Å²) in [5.41, 5.74) is 1.13. The maximum absolute atomic E-state index is 5.76. The van der Waals surface area contributed by atoms with Crippen molar-refractivity contribution in [2.75, 3.05) is 13.2 Å². The van der Waals surface area contributed by atoms with Crippen molar-refractivity contribution in [2.24, 2.45) is 0 Å². The predicted molar refractivity (Wildman–Crippen MR) is 61.3 cm³/mol. The first kappa shape index (κ1) is 11.3. The third kappa shape index (κ3) is 4.45. The van der Waals surface area contributed by atoms with E-state index in [9.17, 15) is 0 Å². The lowest BCUT2D eigenvalue weighted by atomic mass is 10.2. The highest BCUT2D eigenvalue weighted by Crippen LogP contribution is 2.10. The van der Waals surface area contributed by atoms with Gasteiger partial charge in [0.05, 0.1) is 6.61 Å². The van der Waals surface area contributed by atoms with Gasteiger partial charge in [-0.2, -0.15) is 0 Å². The molecule has 1 aromatic rings. The minimum absolute atomic E-state index is 0.637. The van der Waals surface area contributed by atoms with Gasteiger partial charge in [-0.25, -0.2) is 0 Å². The third-order valence-corrected chi connectivity index (χ3v) is 1.94. The molecule has 2 heteroatoms. The summed E-state index contributed by atoms with van der Waals surface area (Å²) in [7, 11) is 0. The van der Waals surface area contributed by atoms with E-state index in [1.165, 1.54) is 0 Å². The number of benzene rings is 1. The molecule has 0 heterocycles. The van der Waals surface area contributed by atoms with Crippen LogP contribution in [0.1, 0.15) is 12.0 Å². The lowest BCUT2D eigenvalue weighted by Gasteiger charge is -1.96. The minimum Gasteiger partial charge on any atom is -0.377 e. The van der Waals surface area contributed by atoms with Crippen LogP contribution < -0.4 is 0 Å². The molecule has 0 aliphatic carbocycles. The lowest BCUT2D eigenvalue weighted by molar-refractivity contribution is 0.167. The standard InChI is InChI=1S/C12H14ClO/c1-2-9-14-10-3-4-11-5-7-12(13)8-6-11/h3-8H,1-2,9-10H2. The van der Waals surface area contributed by atoms with Crippen LogP contribution in [0.3, 0.4) is 0 Å². The van der Waals surface area contributed by atoms with Gasteiger partial charge in [0, 0.05) is 11.6 Å². The Morgan fingerprint density at radius 3 is 2.64 bits per heavy atom. The van der Waals surface area contributed by atoms with Crippen LogP contribution in [-0.4, -0.2) is 13.2 Å². The molecule has 0 aromatic heterocycles. The molecule has 1 rings (SSSR count). The van der Waals surface area contributed by atoms with Crippen molar-refractivity contribution >= 4 is 17.7 Å². The second-order valence-corrected chi connectivity index (χ2v) is 3.32. The highest BCUT2D eigenvalue weighted by molar-refractivity contribution is 6.30. The number of halogens is 1. The normalized spacial score (nSPS) is 11.0. The van der Waals surface area contributed by atoms with Gasteiger partial charge < -0.3 is 4.74 Å². The van der Waals surface area contributed by atoms with E-state index < -0.39 is 0 Å². The Hall–Kier alpha value is -0.790. The van der Waals surface area contributed by atoms with Crippen molar-refractivity contribution in [3.05, 3.63) is 47.9 Å². The van der Waals surface area contributed by atoms with Crippen LogP contribution >= 0.6 is 11.6 Å².